The van der Waals surface area contributed by atoms with Gasteiger partial charge in [-0.05, 0) is 18.6 Å². The smallest absolute Gasteiger partial charge is 0.328 e. The van der Waals surface area contributed by atoms with Crippen LogP contribution in [0.4, 0.5) is 0 Å². The normalized spacial score (nSPS) is 11.1. The topological polar surface area (TPSA) is 129 Å². The summed E-state index contributed by atoms with van der Waals surface area (Å²) in [6.07, 6.45) is 1.12. The lowest BCUT2D eigenvalue weighted by molar-refractivity contribution is -0.138. The highest BCUT2D eigenvalue weighted by molar-refractivity contribution is 6.09. The van der Waals surface area contributed by atoms with Crippen molar-refractivity contribution in [1.82, 2.24) is 0 Å². The molecule has 1 unspecified atom stereocenters. The molecular weight excluding hydrogens is 352 g/mol. The van der Waals surface area contributed by atoms with Gasteiger partial charge in [0.15, 0.2) is 5.78 Å². The van der Waals surface area contributed by atoms with Gasteiger partial charge in [-0.25, -0.2) is 9.59 Å². The van der Waals surface area contributed by atoms with Crippen molar-refractivity contribution < 1.29 is 34.5 Å². The highest BCUT2D eigenvalue weighted by Gasteiger charge is 2.16. The number of aliphatic carboxylic acids is 3. The van der Waals surface area contributed by atoms with Crippen molar-refractivity contribution in [2.24, 2.45) is 0 Å². The molecule has 7 nitrogen and oxygen atoms in total. The zero-order chi connectivity index (χ0) is 20.4. The van der Waals surface area contributed by atoms with Crippen LogP contribution in [-0.4, -0.2) is 39.0 Å². The number of carboxylic acid groups (broad SMARTS) is 3. The van der Waals surface area contributed by atoms with Gasteiger partial charge in [0.25, 0.3) is 0 Å². The summed E-state index contributed by atoms with van der Waals surface area (Å²) >= 11 is 0. The van der Waals surface area contributed by atoms with E-state index in [4.69, 9.17) is 15.3 Å². The van der Waals surface area contributed by atoms with E-state index in [0.29, 0.717) is 28.8 Å². The van der Waals surface area contributed by atoms with Crippen molar-refractivity contribution in [3.05, 3.63) is 83.4 Å². The molecule has 0 saturated heterocycles. The van der Waals surface area contributed by atoms with E-state index in [-0.39, 0.29) is 5.78 Å². The van der Waals surface area contributed by atoms with Gasteiger partial charge in [0.1, 0.15) is 0 Å². The highest BCUT2D eigenvalue weighted by atomic mass is 16.4. The third-order valence-electron chi connectivity index (χ3n) is 3.42. The number of carbonyl (C=O) groups excluding carboxylic acids is 1. The summed E-state index contributed by atoms with van der Waals surface area (Å²) in [7, 11) is 0. The molecule has 2 aromatic carbocycles. The summed E-state index contributed by atoms with van der Waals surface area (Å²) in [4.78, 5) is 42.3. The van der Waals surface area contributed by atoms with Crippen molar-refractivity contribution in [1.29, 1.82) is 0 Å². The third kappa shape index (κ3) is 7.35. The van der Waals surface area contributed by atoms with Crippen molar-refractivity contribution in [3.63, 3.8) is 0 Å². The lowest BCUT2D eigenvalue weighted by atomic mass is 9.96. The molecule has 1 atom stereocenters. The second-order valence-electron chi connectivity index (χ2n) is 5.39. The largest absolute Gasteiger partial charge is 0.481 e. The molecule has 0 aliphatic carbocycles. The van der Waals surface area contributed by atoms with E-state index in [0.717, 1.165) is 0 Å². The molecule has 2 aromatic rings. The van der Waals surface area contributed by atoms with Crippen LogP contribution in [0.3, 0.4) is 0 Å². The predicted molar refractivity (Wildman–Crippen MR) is 96.8 cm³/mol. The minimum atomic E-state index is -1.26. The fourth-order valence-electron chi connectivity index (χ4n) is 1.99. The Bertz CT molecular complexity index is 838. The molecule has 0 aliphatic heterocycles. The van der Waals surface area contributed by atoms with Crippen molar-refractivity contribution in [2.45, 2.75) is 12.8 Å². The van der Waals surface area contributed by atoms with Crippen LogP contribution in [0.15, 0.2) is 66.7 Å². The molecule has 0 aromatic heterocycles. The second-order valence-corrected chi connectivity index (χ2v) is 5.39. The lowest BCUT2D eigenvalue weighted by Crippen LogP contribution is -2.09. The van der Waals surface area contributed by atoms with Gasteiger partial charge >= 0.3 is 17.9 Å². The Balaban J connectivity index is 0.000000387. The van der Waals surface area contributed by atoms with Gasteiger partial charge in [-0.3, -0.25) is 9.59 Å². The maximum atomic E-state index is 12.2. The summed E-state index contributed by atoms with van der Waals surface area (Å²) in [6.45, 7) is 1.61. The molecule has 27 heavy (non-hydrogen) atoms. The van der Waals surface area contributed by atoms with Crippen molar-refractivity contribution in [3.8, 4) is 0 Å². The van der Waals surface area contributed by atoms with Gasteiger partial charge < -0.3 is 15.3 Å². The Morgan fingerprint density at radius 3 is 1.78 bits per heavy atom. The van der Waals surface area contributed by atoms with E-state index in [1.165, 1.54) is 0 Å². The van der Waals surface area contributed by atoms with Crippen LogP contribution < -0.4 is 0 Å². The van der Waals surface area contributed by atoms with Gasteiger partial charge in [0, 0.05) is 23.3 Å². The predicted octanol–water partition coefficient (Wildman–Crippen LogP) is 2.82. The van der Waals surface area contributed by atoms with E-state index in [1.807, 2.05) is 6.07 Å². The first-order chi connectivity index (χ1) is 12.7. The summed E-state index contributed by atoms with van der Waals surface area (Å²) < 4.78 is 0. The fourth-order valence-corrected chi connectivity index (χ4v) is 1.99. The molecule has 3 N–H and O–H groups in total. The number of carboxylic acids is 3. The second kappa shape index (κ2) is 10.3. The van der Waals surface area contributed by atoms with Crippen molar-refractivity contribution >= 4 is 23.7 Å². The Morgan fingerprint density at radius 1 is 0.778 bits per heavy atom. The van der Waals surface area contributed by atoms with Gasteiger partial charge in [0.05, 0.1) is 5.92 Å². The summed E-state index contributed by atoms with van der Waals surface area (Å²) in [5, 5.41) is 24.6. The molecule has 0 aliphatic rings. The summed E-state index contributed by atoms with van der Waals surface area (Å²) in [5.41, 5.74) is 1.74. The molecule has 0 heterocycles. The van der Waals surface area contributed by atoms with Gasteiger partial charge in [-0.15, -0.1) is 0 Å². The number of rotatable bonds is 6. The molecule has 0 radical (unpaired) electrons. The quantitative estimate of drug-likeness (QED) is 0.527. The van der Waals surface area contributed by atoms with E-state index in [2.05, 4.69) is 0 Å². The van der Waals surface area contributed by atoms with Crippen LogP contribution in [0.25, 0.3) is 0 Å². The summed E-state index contributed by atoms with van der Waals surface area (Å²) in [6, 6.07) is 15.7. The Morgan fingerprint density at radius 2 is 1.30 bits per heavy atom. The Hall–Kier alpha value is -3.74. The van der Waals surface area contributed by atoms with Gasteiger partial charge in [-0.1, -0.05) is 48.5 Å². The lowest BCUT2D eigenvalue weighted by Gasteiger charge is -2.08. The first-order valence-corrected chi connectivity index (χ1v) is 7.78. The monoisotopic (exact) mass is 370 g/mol. The molecule has 0 fully saturated rings. The number of benzene rings is 2. The molecule has 0 amide bonds. The van der Waals surface area contributed by atoms with Crippen LogP contribution in [-0.2, 0) is 14.4 Å². The molecule has 2 rings (SSSR count). The van der Waals surface area contributed by atoms with E-state index in [1.54, 1.807) is 55.5 Å². The third-order valence-corrected chi connectivity index (χ3v) is 3.42. The van der Waals surface area contributed by atoms with Crippen molar-refractivity contribution in [2.75, 3.05) is 0 Å². The van der Waals surface area contributed by atoms with Gasteiger partial charge in [-0.2, -0.15) is 0 Å². The average Bonchev–Trinajstić information content (AvgIpc) is 2.66. The maximum absolute atomic E-state index is 12.2. The molecule has 7 heteroatoms. The summed E-state index contributed by atoms with van der Waals surface area (Å²) in [5.74, 6) is -4.13. The van der Waals surface area contributed by atoms with E-state index in [9.17, 15) is 19.2 Å². The van der Waals surface area contributed by atoms with Crippen LogP contribution in [0, 0.1) is 0 Å². The molecular formula is C20H18O7. The average molecular weight is 370 g/mol. The number of hydrogen-bond acceptors (Lipinski definition) is 4. The molecule has 0 saturated carbocycles. The zero-order valence-electron chi connectivity index (χ0n) is 14.4. The van der Waals surface area contributed by atoms with E-state index < -0.39 is 23.8 Å². The standard InChI is InChI=1S/C16H14O3.C4H4O4/c1-11(16(18)19)13-8-5-9-14(10-13)15(17)12-6-3-2-4-7-12;5-3(6)1-2-4(7)8/h2-11H,1H3,(H,18,19);1-2H,(H,5,6)(H,7,8). The van der Waals surface area contributed by atoms with Crippen LogP contribution >= 0.6 is 0 Å². The van der Waals surface area contributed by atoms with Crippen LogP contribution in [0.5, 0.6) is 0 Å². The minimum absolute atomic E-state index is 0.0972. The molecule has 0 bridgehead atoms. The first-order valence-electron chi connectivity index (χ1n) is 7.78. The van der Waals surface area contributed by atoms with E-state index >= 15 is 0 Å². The fraction of sp³-hybridized carbons (Fsp3) is 0.100. The number of ketones is 1. The number of carbonyl (C=O) groups is 4. The molecule has 140 valence electrons. The zero-order valence-corrected chi connectivity index (χ0v) is 14.4. The highest BCUT2D eigenvalue weighted by Crippen LogP contribution is 2.18. The number of hydrogen-bond donors (Lipinski definition) is 3. The molecule has 0 spiro atoms. The maximum Gasteiger partial charge on any atom is 0.328 e. The first kappa shape index (κ1) is 21.3. The Kier molecular flexibility index (Phi) is 8.12. The Labute approximate surface area is 155 Å². The van der Waals surface area contributed by atoms with Crippen LogP contribution in [0.1, 0.15) is 34.3 Å². The van der Waals surface area contributed by atoms with Crippen LogP contribution in [0.2, 0.25) is 0 Å². The van der Waals surface area contributed by atoms with Gasteiger partial charge in [0.2, 0.25) is 0 Å². The SMILES string of the molecule is CC(C(=O)O)c1cccc(C(=O)c2ccccc2)c1.O=C(O)C=CC(=O)O. The minimum Gasteiger partial charge on any atom is -0.481 e.